The molecule has 0 amide bonds. The van der Waals surface area contributed by atoms with E-state index in [9.17, 15) is 0 Å². The predicted molar refractivity (Wildman–Crippen MR) is 89.5 cm³/mol. The highest BCUT2D eigenvalue weighted by molar-refractivity contribution is 5.79. The number of hydrogen-bond acceptors (Lipinski definition) is 4. The van der Waals surface area contributed by atoms with Crippen molar-refractivity contribution in [3.63, 3.8) is 0 Å². The first kappa shape index (κ1) is 13.0. The molecule has 3 heterocycles. The van der Waals surface area contributed by atoms with Crippen LogP contribution in [0.1, 0.15) is 17.4 Å². The molecule has 110 valence electrons. The molecule has 0 saturated carbocycles. The van der Waals surface area contributed by atoms with Crippen molar-refractivity contribution in [2.45, 2.75) is 13.1 Å². The molecule has 2 aliphatic heterocycles. The first-order valence-electron chi connectivity index (χ1n) is 7.51. The number of pyridine rings is 1. The molecule has 1 unspecified atom stereocenters. The summed E-state index contributed by atoms with van der Waals surface area (Å²) in [6.45, 7) is 2.96. The third-order valence-corrected chi connectivity index (χ3v) is 3.98. The molecule has 2 aliphatic rings. The third kappa shape index (κ3) is 2.13. The van der Waals surface area contributed by atoms with Gasteiger partial charge in [-0.1, -0.05) is 24.3 Å². The molecule has 1 atom stereocenters. The summed E-state index contributed by atoms with van der Waals surface area (Å²) >= 11 is 0. The number of rotatable bonds is 2. The summed E-state index contributed by atoms with van der Waals surface area (Å²) in [5.74, 6) is 1.09. The lowest BCUT2D eigenvalue weighted by Gasteiger charge is -2.30. The summed E-state index contributed by atoms with van der Waals surface area (Å²) in [6.07, 6.45) is 8.15. The SMILES string of the molecule is Cc1ccc2c(c1)NC(c1ccccn1)N2C1=CC=CCN1. The summed E-state index contributed by atoms with van der Waals surface area (Å²) in [4.78, 5) is 6.81. The van der Waals surface area contributed by atoms with Crippen molar-refractivity contribution < 1.29 is 0 Å². The molecule has 1 aromatic heterocycles. The van der Waals surface area contributed by atoms with E-state index in [0.29, 0.717) is 0 Å². The molecule has 4 rings (SSSR count). The largest absolute Gasteiger partial charge is 0.368 e. The lowest BCUT2D eigenvalue weighted by atomic mass is 10.2. The Kier molecular flexibility index (Phi) is 3.07. The molecule has 0 aliphatic carbocycles. The van der Waals surface area contributed by atoms with Gasteiger partial charge in [-0.2, -0.15) is 0 Å². The monoisotopic (exact) mass is 290 g/mol. The third-order valence-electron chi connectivity index (χ3n) is 3.98. The second kappa shape index (κ2) is 5.22. The molecule has 2 aromatic rings. The highest BCUT2D eigenvalue weighted by atomic mass is 15.4. The average Bonchev–Trinajstić information content (AvgIpc) is 2.95. The molecular weight excluding hydrogens is 272 g/mol. The van der Waals surface area contributed by atoms with Gasteiger partial charge in [0.15, 0.2) is 0 Å². The Balaban J connectivity index is 1.81. The van der Waals surface area contributed by atoms with Crippen molar-refractivity contribution in [1.82, 2.24) is 10.3 Å². The number of aromatic nitrogens is 1. The van der Waals surface area contributed by atoms with E-state index < -0.39 is 0 Å². The molecule has 2 N–H and O–H groups in total. The van der Waals surface area contributed by atoms with Gasteiger partial charge in [0.05, 0.1) is 17.1 Å². The van der Waals surface area contributed by atoms with E-state index in [1.807, 2.05) is 18.3 Å². The molecule has 22 heavy (non-hydrogen) atoms. The molecular formula is C18H18N4. The van der Waals surface area contributed by atoms with Crippen LogP contribution in [0.5, 0.6) is 0 Å². The molecule has 1 aromatic carbocycles. The quantitative estimate of drug-likeness (QED) is 0.890. The highest BCUT2D eigenvalue weighted by Gasteiger charge is 2.33. The number of anilines is 2. The Hall–Kier alpha value is -2.75. The lowest BCUT2D eigenvalue weighted by molar-refractivity contribution is 0.704. The maximum absolute atomic E-state index is 4.53. The van der Waals surface area contributed by atoms with Crippen LogP contribution < -0.4 is 15.5 Å². The molecule has 4 heteroatoms. The van der Waals surface area contributed by atoms with Crippen LogP contribution in [0.4, 0.5) is 11.4 Å². The van der Waals surface area contributed by atoms with Gasteiger partial charge in [-0.05, 0) is 42.8 Å². The van der Waals surface area contributed by atoms with Crippen LogP contribution in [-0.4, -0.2) is 11.5 Å². The number of fused-ring (bicyclic) bond motifs is 1. The number of nitrogens with zero attached hydrogens (tertiary/aromatic N) is 2. The topological polar surface area (TPSA) is 40.2 Å². The molecule has 0 spiro atoms. The number of aryl methyl sites for hydroxylation is 1. The fourth-order valence-electron chi connectivity index (χ4n) is 2.95. The average molecular weight is 290 g/mol. The lowest BCUT2D eigenvalue weighted by Crippen LogP contribution is -2.35. The van der Waals surface area contributed by atoms with E-state index in [1.165, 1.54) is 11.3 Å². The second-order valence-electron chi connectivity index (χ2n) is 5.55. The summed E-state index contributed by atoms with van der Waals surface area (Å²) in [7, 11) is 0. The molecule has 0 fully saturated rings. The van der Waals surface area contributed by atoms with Crippen LogP contribution in [0.3, 0.4) is 0 Å². The van der Waals surface area contributed by atoms with E-state index in [1.54, 1.807) is 0 Å². The molecule has 0 saturated heterocycles. The van der Waals surface area contributed by atoms with Gasteiger partial charge in [0.1, 0.15) is 12.0 Å². The van der Waals surface area contributed by atoms with Crippen LogP contribution in [0.25, 0.3) is 0 Å². The van der Waals surface area contributed by atoms with E-state index in [2.05, 4.69) is 69.9 Å². The van der Waals surface area contributed by atoms with Gasteiger partial charge >= 0.3 is 0 Å². The van der Waals surface area contributed by atoms with Crippen molar-refractivity contribution >= 4 is 11.4 Å². The minimum atomic E-state index is 0.00301. The molecule has 0 bridgehead atoms. The normalized spacial score (nSPS) is 19.2. The van der Waals surface area contributed by atoms with Crippen molar-refractivity contribution in [3.05, 3.63) is 77.9 Å². The number of benzene rings is 1. The second-order valence-corrected chi connectivity index (χ2v) is 5.55. The van der Waals surface area contributed by atoms with Crippen molar-refractivity contribution in [2.24, 2.45) is 0 Å². The van der Waals surface area contributed by atoms with Gasteiger partial charge in [0.25, 0.3) is 0 Å². The Labute approximate surface area is 130 Å². The highest BCUT2D eigenvalue weighted by Crippen LogP contribution is 2.43. The van der Waals surface area contributed by atoms with Gasteiger partial charge in [-0.3, -0.25) is 9.88 Å². The van der Waals surface area contributed by atoms with Gasteiger partial charge < -0.3 is 10.6 Å². The molecule has 4 nitrogen and oxygen atoms in total. The zero-order chi connectivity index (χ0) is 14.9. The number of allylic oxidation sites excluding steroid dienone is 2. The maximum Gasteiger partial charge on any atom is 0.149 e. The van der Waals surface area contributed by atoms with Gasteiger partial charge in [0, 0.05) is 12.7 Å². The summed E-state index contributed by atoms with van der Waals surface area (Å²) < 4.78 is 0. The predicted octanol–water partition coefficient (Wildman–Crippen LogP) is 3.32. The van der Waals surface area contributed by atoms with Crippen molar-refractivity contribution in [2.75, 3.05) is 16.8 Å². The summed E-state index contributed by atoms with van der Waals surface area (Å²) in [6, 6.07) is 12.5. The van der Waals surface area contributed by atoms with Crippen LogP contribution in [-0.2, 0) is 0 Å². The zero-order valence-electron chi connectivity index (χ0n) is 12.5. The minimum absolute atomic E-state index is 0.00301. The minimum Gasteiger partial charge on any atom is -0.368 e. The van der Waals surface area contributed by atoms with Gasteiger partial charge in [-0.15, -0.1) is 0 Å². The van der Waals surface area contributed by atoms with Crippen LogP contribution in [0.15, 0.2) is 66.6 Å². The maximum atomic E-state index is 4.53. The Morgan fingerprint density at radius 1 is 1.23 bits per heavy atom. The Bertz CT molecular complexity index is 749. The van der Waals surface area contributed by atoms with Crippen LogP contribution in [0, 0.1) is 6.92 Å². The van der Waals surface area contributed by atoms with E-state index in [-0.39, 0.29) is 6.17 Å². The number of nitrogens with one attached hydrogen (secondary N) is 2. The van der Waals surface area contributed by atoms with E-state index >= 15 is 0 Å². The fourth-order valence-corrected chi connectivity index (χ4v) is 2.95. The Morgan fingerprint density at radius 2 is 2.18 bits per heavy atom. The number of dihydropyridines is 1. The van der Waals surface area contributed by atoms with Gasteiger partial charge in [0.2, 0.25) is 0 Å². The molecule has 0 radical (unpaired) electrons. The van der Waals surface area contributed by atoms with Crippen LogP contribution >= 0.6 is 0 Å². The standard InChI is InChI=1S/C18H18N4/c1-13-8-9-16-15(12-13)21-18(14-6-2-4-10-19-14)22(16)17-7-3-5-11-20-17/h2-10,12,18,20-21H,11H2,1H3. The summed E-state index contributed by atoms with van der Waals surface area (Å²) in [5.41, 5.74) is 4.58. The van der Waals surface area contributed by atoms with E-state index in [0.717, 1.165) is 23.7 Å². The van der Waals surface area contributed by atoms with Crippen molar-refractivity contribution in [3.8, 4) is 0 Å². The fraction of sp³-hybridized carbons (Fsp3) is 0.167. The first-order chi connectivity index (χ1) is 10.8. The first-order valence-corrected chi connectivity index (χ1v) is 7.51. The summed E-state index contributed by atoms with van der Waals surface area (Å²) in [5, 5.41) is 7.05. The smallest absolute Gasteiger partial charge is 0.149 e. The van der Waals surface area contributed by atoms with Gasteiger partial charge in [-0.25, -0.2) is 0 Å². The van der Waals surface area contributed by atoms with Crippen molar-refractivity contribution in [1.29, 1.82) is 0 Å². The number of hydrogen-bond donors (Lipinski definition) is 2. The zero-order valence-corrected chi connectivity index (χ0v) is 12.5. The Morgan fingerprint density at radius 3 is 2.95 bits per heavy atom. The van der Waals surface area contributed by atoms with E-state index in [4.69, 9.17) is 0 Å². The van der Waals surface area contributed by atoms with Crippen LogP contribution in [0.2, 0.25) is 0 Å².